The van der Waals surface area contributed by atoms with Gasteiger partial charge in [0, 0.05) is 13.7 Å². The summed E-state index contributed by atoms with van der Waals surface area (Å²) in [6.07, 6.45) is 5.77. The van der Waals surface area contributed by atoms with Gasteiger partial charge in [0.15, 0.2) is 0 Å². The molecule has 0 heterocycles. The highest BCUT2D eigenvalue weighted by molar-refractivity contribution is 4.79. The van der Waals surface area contributed by atoms with Crippen LogP contribution in [0.5, 0.6) is 0 Å². The highest BCUT2D eigenvalue weighted by Crippen LogP contribution is 2.34. The van der Waals surface area contributed by atoms with Gasteiger partial charge < -0.3 is 9.84 Å². The number of methoxy groups -OCH3 is 1. The first-order valence-corrected chi connectivity index (χ1v) is 5.77. The third-order valence-corrected chi connectivity index (χ3v) is 3.27. The molecule has 0 saturated carbocycles. The largest absolute Gasteiger partial charge is 0.396 e. The van der Waals surface area contributed by atoms with Crippen molar-refractivity contribution in [3.05, 3.63) is 0 Å². The van der Waals surface area contributed by atoms with Gasteiger partial charge in [-0.25, -0.2) is 0 Å². The zero-order chi connectivity index (χ0) is 11.0. The summed E-state index contributed by atoms with van der Waals surface area (Å²) in [5.74, 6) is 0. The van der Waals surface area contributed by atoms with Crippen LogP contribution in [0.1, 0.15) is 52.9 Å². The maximum atomic E-state index is 9.49. The van der Waals surface area contributed by atoms with E-state index in [1.54, 1.807) is 7.11 Å². The molecule has 0 spiro atoms. The van der Waals surface area contributed by atoms with Gasteiger partial charge in [-0.2, -0.15) is 0 Å². The van der Waals surface area contributed by atoms with E-state index in [1.807, 2.05) is 0 Å². The molecule has 0 aromatic rings. The normalized spacial score (nSPS) is 17.8. The van der Waals surface area contributed by atoms with Crippen molar-refractivity contribution >= 4 is 0 Å². The predicted octanol–water partition coefficient (Wildman–Crippen LogP) is 2.99. The summed E-state index contributed by atoms with van der Waals surface area (Å²) in [6, 6.07) is 0. The van der Waals surface area contributed by atoms with Crippen LogP contribution in [0.2, 0.25) is 0 Å². The Morgan fingerprint density at radius 1 is 1.36 bits per heavy atom. The van der Waals surface area contributed by atoms with Gasteiger partial charge in [0.05, 0.1) is 6.10 Å². The van der Waals surface area contributed by atoms with Crippen molar-refractivity contribution in [3.63, 3.8) is 0 Å². The van der Waals surface area contributed by atoms with E-state index < -0.39 is 0 Å². The van der Waals surface area contributed by atoms with Gasteiger partial charge in [0.1, 0.15) is 0 Å². The molecule has 0 fully saturated rings. The van der Waals surface area contributed by atoms with Crippen LogP contribution >= 0.6 is 0 Å². The lowest BCUT2D eigenvalue weighted by molar-refractivity contribution is 0.0231. The van der Waals surface area contributed by atoms with Gasteiger partial charge in [0.2, 0.25) is 0 Å². The van der Waals surface area contributed by atoms with E-state index in [1.165, 1.54) is 12.8 Å². The summed E-state index contributed by atoms with van der Waals surface area (Å²) in [5.41, 5.74) is 0.0887. The number of ether oxygens (including phenoxy) is 1. The van der Waals surface area contributed by atoms with Crippen LogP contribution in [0, 0.1) is 5.41 Å². The zero-order valence-corrected chi connectivity index (χ0v) is 10.2. The molecule has 0 aliphatic rings. The Morgan fingerprint density at radius 2 is 2.00 bits per heavy atom. The maximum Gasteiger partial charge on any atom is 0.0549 e. The third-order valence-electron chi connectivity index (χ3n) is 3.27. The Hall–Kier alpha value is -0.0800. The van der Waals surface area contributed by atoms with Crippen LogP contribution in [0.25, 0.3) is 0 Å². The monoisotopic (exact) mass is 202 g/mol. The second-order valence-electron chi connectivity index (χ2n) is 4.37. The fourth-order valence-corrected chi connectivity index (χ4v) is 1.92. The Kier molecular flexibility index (Phi) is 7.20. The van der Waals surface area contributed by atoms with Crippen molar-refractivity contribution in [2.75, 3.05) is 13.7 Å². The number of aliphatic hydroxyl groups excluding tert-OH is 1. The van der Waals surface area contributed by atoms with E-state index in [0.717, 1.165) is 19.3 Å². The molecule has 0 rings (SSSR count). The van der Waals surface area contributed by atoms with E-state index >= 15 is 0 Å². The Bertz CT molecular complexity index is 130. The number of hydrogen-bond donors (Lipinski definition) is 1. The van der Waals surface area contributed by atoms with Crippen LogP contribution in [0.3, 0.4) is 0 Å². The molecule has 14 heavy (non-hydrogen) atoms. The minimum absolute atomic E-state index is 0.0887. The minimum atomic E-state index is 0.0887. The van der Waals surface area contributed by atoms with E-state index in [9.17, 15) is 5.11 Å². The lowest BCUT2D eigenvalue weighted by Crippen LogP contribution is -2.29. The van der Waals surface area contributed by atoms with Gasteiger partial charge in [-0.15, -0.1) is 0 Å². The van der Waals surface area contributed by atoms with Crippen molar-refractivity contribution in [1.29, 1.82) is 0 Å². The maximum absolute atomic E-state index is 9.49. The van der Waals surface area contributed by atoms with Gasteiger partial charge in [-0.1, -0.05) is 26.7 Å². The molecule has 0 aromatic carbocycles. The molecule has 0 radical (unpaired) electrons. The van der Waals surface area contributed by atoms with E-state index in [0.29, 0.717) is 0 Å². The molecule has 2 unspecified atom stereocenters. The Morgan fingerprint density at radius 3 is 2.36 bits per heavy atom. The molecule has 0 aliphatic carbocycles. The van der Waals surface area contributed by atoms with Gasteiger partial charge in [-0.3, -0.25) is 0 Å². The molecule has 1 N–H and O–H groups in total. The topological polar surface area (TPSA) is 29.5 Å². The average molecular weight is 202 g/mol. The second-order valence-corrected chi connectivity index (χ2v) is 4.37. The molecular formula is C12H26O2. The molecule has 2 heteroatoms. The molecule has 0 aromatic heterocycles. The number of aliphatic hydroxyl groups is 1. The Balaban J connectivity index is 4.20. The Labute approximate surface area is 88.7 Å². The number of hydrogen-bond acceptors (Lipinski definition) is 2. The highest BCUT2D eigenvalue weighted by Gasteiger charge is 2.28. The fourth-order valence-electron chi connectivity index (χ4n) is 1.92. The van der Waals surface area contributed by atoms with Gasteiger partial charge in [0.25, 0.3) is 0 Å². The summed E-state index contributed by atoms with van der Waals surface area (Å²) >= 11 is 0. The number of unbranched alkanes of at least 4 members (excludes halogenated alkanes) is 1. The number of rotatable bonds is 8. The molecule has 0 saturated heterocycles. The van der Waals surface area contributed by atoms with Crippen molar-refractivity contribution in [2.24, 2.45) is 5.41 Å². The minimum Gasteiger partial charge on any atom is -0.396 e. The summed E-state index contributed by atoms with van der Waals surface area (Å²) in [7, 11) is 1.74. The lowest BCUT2D eigenvalue weighted by Gasteiger charge is -2.33. The van der Waals surface area contributed by atoms with Gasteiger partial charge >= 0.3 is 0 Å². The van der Waals surface area contributed by atoms with Crippen LogP contribution in [0.15, 0.2) is 0 Å². The quantitative estimate of drug-likeness (QED) is 0.655. The van der Waals surface area contributed by atoms with E-state index in [-0.39, 0.29) is 18.1 Å². The molecule has 2 nitrogen and oxygen atoms in total. The lowest BCUT2D eigenvalue weighted by atomic mass is 9.76. The molecule has 0 amide bonds. The summed E-state index contributed by atoms with van der Waals surface area (Å²) in [5, 5.41) is 9.49. The molecular weight excluding hydrogens is 176 g/mol. The average Bonchev–Trinajstić information content (AvgIpc) is 2.24. The van der Waals surface area contributed by atoms with Crippen LogP contribution in [-0.4, -0.2) is 24.9 Å². The van der Waals surface area contributed by atoms with Crippen LogP contribution in [0.4, 0.5) is 0 Å². The van der Waals surface area contributed by atoms with Crippen LogP contribution < -0.4 is 0 Å². The molecule has 86 valence electrons. The first kappa shape index (κ1) is 13.9. The second kappa shape index (κ2) is 7.24. The van der Waals surface area contributed by atoms with Gasteiger partial charge in [-0.05, 0) is 31.6 Å². The zero-order valence-electron chi connectivity index (χ0n) is 10.2. The van der Waals surface area contributed by atoms with E-state index in [4.69, 9.17) is 4.74 Å². The van der Waals surface area contributed by atoms with Crippen LogP contribution in [-0.2, 0) is 4.74 Å². The molecule has 0 aliphatic heterocycles. The van der Waals surface area contributed by atoms with Crippen molar-refractivity contribution in [1.82, 2.24) is 0 Å². The molecule has 0 bridgehead atoms. The SMILES string of the molecule is CCCCC(CC)(CO)CC(C)OC. The smallest absolute Gasteiger partial charge is 0.0549 e. The molecule has 2 atom stereocenters. The predicted molar refractivity (Wildman–Crippen MR) is 60.4 cm³/mol. The summed E-state index contributed by atoms with van der Waals surface area (Å²) in [6.45, 7) is 6.72. The third kappa shape index (κ3) is 4.43. The summed E-state index contributed by atoms with van der Waals surface area (Å²) in [4.78, 5) is 0. The van der Waals surface area contributed by atoms with Crippen molar-refractivity contribution < 1.29 is 9.84 Å². The standard InChI is InChI=1S/C12H26O2/c1-5-7-8-12(6-2,10-13)9-11(3)14-4/h11,13H,5-10H2,1-4H3. The summed E-state index contributed by atoms with van der Waals surface area (Å²) < 4.78 is 5.28. The first-order chi connectivity index (χ1) is 6.64. The van der Waals surface area contributed by atoms with E-state index in [2.05, 4.69) is 20.8 Å². The highest BCUT2D eigenvalue weighted by atomic mass is 16.5. The fraction of sp³-hybridized carbons (Fsp3) is 1.00. The first-order valence-electron chi connectivity index (χ1n) is 5.77. The van der Waals surface area contributed by atoms with Crippen molar-refractivity contribution in [3.8, 4) is 0 Å². The van der Waals surface area contributed by atoms with Crippen molar-refractivity contribution in [2.45, 2.75) is 59.0 Å².